The first-order valence-corrected chi connectivity index (χ1v) is 6.17. The van der Waals surface area contributed by atoms with Gasteiger partial charge in [0.25, 0.3) is 0 Å². The Kier molecular flexibility index (Phi) is 2.69. The smallest absolute Gasteiger partial charge is 0.0690 e. The van der Waals surface area contributed by atoms with E-state index >= 15 is 0 Å². The molecule has 88 valence electrons. The fraction of sp³-hybridized carbons (Fsp3) is 0.357. The molecule has 0 atom stereocenters. The van der Waals surface area contributed by atoms with Crippen LogP contribution in [0.5, 0.6) is 0 Å². The maximum Gasteiger partial charge on any atom is 0.0690 e. The first kappa shape index (κ1) is 10.5. The molecule has 3 heteroatoms. The highest BCUT2D eigenvalue weighted by Crippen LogP contribution is 2.39. The van der Waals surface area contributed by atoms with Gasteiger partial charge < -0.3 is 5.32 Å². The second-order valence-electron chi connectivity index (χ2n) is 4.62. The molecule has 1 aliphatic rings. The lowest BCUT2D eigenvalue weighted by Gasteiger charge is -2.08. The van der Waals surface area contributed by atoms with Gasteiger partial charge in [0.2, 0.25) is 0 Å². The minimum atomic E-state index is 0.715. The fourth-order valence-corrected chi connectivity index (χ4v) is 2.14. The normalized spacial score (nSPS) is 15.1. The maximum atomic E-state index is 4.67. The molecule has 1 fully saturated rings. The number of para-hydroxylation sites is 1. The highest BCUT2D eigenvalue weighted by molar-refractivity contribution is 5.40. The lowest BCUT2D eigenvalue weighted by molar-refractivity contribution is 0.779. The van der Waals surface area contributed by atoms with Crippen molar-refractivity contribution in [1.29, 1.82) is 0 Å². The van der Waals surface area contributed by atoms with Gasteiger partial charge in [0.05, 0.1) is 11.4 Å². The molecule has 1 heterocycles. The van der Waals surface area contributed by atoms with Crippen molar-refractivity contribution in [3.63, 3.8) is 0 Å². The molecule has 0 bridgehead atoms. The summed E-state index contributed by atoms with van der Waals surface area (Å²) >= 11 is 0. The van der Waals surface area contributed by atoms with Crippen LogP contribution in [0.3, 0.4) is 0 Å². The van der Waals surface area contributed by atoms with Crippen LogP contribution in [0.15, 0.2) is 36.5 Å². The molecule has 2 aromatic rings. The van der Waals surface area contributed by atoms with Crippen LogP contribution in [-0.4, -0.2) is 16.8 Å². The van der Waals surface area contributed by atoms with Gasteiger partial charge in [-0.05, 0) is 37.6 Å². The monoisotopic (exact) mass is 227 g/mol. The van der Waals surface area contributed by atoms with Gasteiger partial charge >= 0.3 is 0 Å². The molecule has 17 heavy (non-hydrogen) atoms. The van der Waals surface area contributed by atoms with Gasteiger partial charge in [-0.2, -0.15) is 5.10 Å². The molecular formula is C14H17N3. The molecule has 1 aliphatic carbocycles. The minimum Gasteiger partial charge on any atom is -0.316 e. The minimum absolute atomic E-state index is 0.715. The first-order chi connectivity index (χ1) is 8.38. The van der Waals surface area contributed by atoms with Crippen molar-refractivity contribution in [2.75, 3.05) is 7.05 Å². The van der Waals surface area contributed by atoms with Gasteiger partial charge in [0.15, 0.2) is 0 Å². The molecule has 0 radical (unpaired) electrons. The summed E-state index contributed by atoms with van der Waals surface area (Å²) in [6.45, 7) is 0.870. The van der Waals surface area contributed by atoms with Crippen molar-refractivity contribution in [3.8, 4) is 5.69 Å². The second-order valence-corrected chi connectivity index (χ2v) is 4.62. The molecule has 0 amide bonds. The van der Waals surface area contributed by atoms with Crippen LogP contribution in [0.2, 0.25) is 0 Å². The summed E-state index contributed by atoms with van der Waals surface area (Å²) in [5.74, 6) is 0.715. The molecule has 0 unspecified atom stereocenters. The standard InChI is InChI=1S/C14H17N3/c1-15-10-12-4-2-3-5-14(12)17-9-8-13(16-17)11-6-7-11/h2-5,8-9,11,15H,6-7,10H2,1H3. The van der Waals surface area contributed by atoms with E-state index in [1.807, 2.05) is 11.7 Å². The van der Waals surface area contributed by atoms with E-state index in [0.717, 1.165) is 6.54 Å². The molecule has 3 nitrogen and oxygen atoms in total. The van der Waals surface area contributed by atoms with Crippen LogP contribution < -0.4 is 5.32 Å². The van der Waals surface area contributed by atoms with Crippen molar-refractivity contribution >= 4 is 0 Å². The van der Waals surface area contributed by atoms with Gasteiger partial charge in [-0.15, -0.1) is 0 Å². The molecule has 1 aromatic heterocycles. The van der Waals surface area contributed by atoms with Gasteiger partial charge in [-0.25, -0.2) is 4.68 Å². The lowest BCUT2D eigenvalue weighted by atomic mass is 10.2. The quantitative estimate of drug-likeness (QED) is 0.869. The summed E-state index contributed by atoms with van der Waals surface area (Å²) in [6, 6.07) is 10.5. The Labute approximate surface area is 101 Å². The predicted molar refractivity (Wildman–Crippen MR) is 68.3 cm³/mol. The number of nitrogens with one attached hydrogen (secondary N) is 1. The molecule has 1 saturated carbocycles. The van der Waals surface area contributed by atoms with Crippen LogP contribution in [0.25, 0.3) is 5.69 Å². The maximum absolute atomic E-state index is 4.67. The lowest BCUT2D eigenvalue weighted by Crippen LogP contribution is -2.09. The zero-order chi connectivity index (χ0) is 11.7. The average Bonchev–Trinajstić information content (AvgIpc) is 3.09. The molecule has 3 rings (SSSR count). The Balaban J connectivity index is 1.95. The molecule has 0 spiro atoms. The summed E-state index contributed by atoms with van der Waals surface area (Å²) < 4.78 is 2.00. The Hall–Kier alpha value is -1.61. The van der Waals surface area contributed by atoms with Gasteiger partial charge in [0.1, 0.15) is 0 Å². The van der Waals surface area contributed by atoms with E-state index in [-0.39, 0.29) is 0 Å². The Morgan fingerprint density at radius 3 is 2.88 bits per heavy atom. The van der Waals surface area contributed by atoms with E-state index in [0.29, 0.717) is 5.92 Å². The molecule has 0 aliphatic heterocycles. The van der Waals surface area contributed by atoms with Gasteiger partial charge in [-0.3, -0.25) is 0 Å². The number of hydrogen-bond donors (Lipinski definition) is 1. The molecular weight excluding hydrogens is 210 g/mol. The third kappa shape index (κ3) is 2.11. The average molecular weight is 227 g/mol. The first-order valence-electron chi connectivity index (χ1n) is 6.17. The van der Waals surface area contributed by atoms with E-state index in [1.54, 1.807) is 0 Å². The Morgan fingerprint density at radius 2 is 2.12 bits per heavy atom. The second kappa shape index (κ2) is 4.34. The molecule has 0 saturated heterocycles. The molecule has 1 aromatic carbocycles. The highest BCUT2D eigenvalue weighted by atomic mass is 15.3. The van der Waals surface area contributed by atoms with Gasteiger partial charge in [0, 0.05) is 18.7 Å². The fourth-order valence-electron chi connectivity index (χ4n) is 2.14. The van der Waals surface area contributed by atoms with Crippen LogP contribution in [0.4, 0.5) is 0 Å². The van der Waals surface area contributed by atoms with Gasteiger partial charge in [-0.1, -0.05) is 18.2 Å². The predicted octanol–water partition coefficient (Wildman–Crippen LogP) is 2.47. The van der Waals surface area contributed by atoms with E-state index in [4.69, 9.17) is 0 Å². The summed E-state index contributed by atoms with van der Waals surface area (Å²) in [7, 11) is 1.97. The summed E-state index contributed by atoms with van der Waals surface area (Å²) in [4.78, 5) is 0. The van der Waals surface area contributed by atoms with E-state index in [2.05, 4.69) is 46.9 Å². The summed E-state index contributed by atoms with van der Waals surface area (Å²) in [5.41, 5.74) is 3.69. The van der Waals surface area contributed by atoms with E-state index in [9.17, 15) is 0 Å². The topological polar surface area (TPSA) is 29.9 Å². The van der Waals surface area contributed by atoms with Crippen molar-refractivity contribution in [3.05, 3.63) is 47.8 Å². The summed E-state index contributed by atoms with van der Waals surface area (Å²) in [5, 5.41) is 7.87. The van der Waals surface area contributed by atoms with Crippen LogP contribution in [0, 0.1) is 0 Å². The number of hydrogen-bond acceptors (Lipinski definition) is 2. The van der Waals surface area contributed by atoms with E-state index in [1.165, 1.54) is 29.8 Å². The SMILES string of the molecule is CNCc1ccccc1-n1ccc(C2CC2)n1. The van der Waals surface area contributed by atoms with E-state index < -0.39 is 0 Å². The van der Waals surface area contributed by atoms with Crippen LogP contribution in [0.1, 0.15) is 30.0 Å². The third-order valence-electron chi connectivity index (χ3n) is 3.21. The number of aromatic nitrogens is 2. The van der Waals surface area contributed by atoms with Crippen molar-refractivity contribution in [2.24, 2.45) is 0 Å². The summed E-state index contributed by atoms with van der Waals surface area (Å²) in [6.07, 6.45) is 4.67. The largest absolute Gasteiger partial charge is 0.316 e. The zero-order valence-corrected chi connectivity index (χ0v) is 10.1. The highest BCUT2D eigenvalue weighted by Gasteiger charge is 2.25. The van der Waals surface area contributed by atoms with Crippen molar-refractivity contribution in [2.45, 2.75) is 25.3 Å². The number of rotatable bonds is 4. The van der Waals surface area contributed by atoms with Crippen molar-refractivity contribution in [1.82, 2.24) is 15.1 Å². The third-order valence-corrected chi connectivity index (χ3v) is 3.21. The zero-order valence-electron chi connectivity index (χ0n) is 10.1. The number of nitrogens with zero attached hydrogens (tertiary/aromatic N) is 2. The van der Waals surface area contributed by atoms with Crippen LogP contribution >= 0.6 is 0 Å². The van der Waals surface area contributed by atoms with Crippen molar-refractivity contribution < 1.29 is 0 Å². The Morgan fingerprint density at radius 1 is 1.29 bits per heavy atom. The molecule has 1 N–H and O–H groups in total. The number of benzene rings is 1. The van der Waals surface area contributed by atoms with Crippen LogP contribution in [-0.2, 0) is 6.54 Å². The Bertz CT molecular complexity index is 512.